The molecule has 1 atom stereocenters. The Morgan fingerprint density at radius 1 is 1.45 bits per heavy atom. The monoisotopic (exact) mass is 307 g/mol. The van der Waals surface area contributed by atoms with E-state index in [0.717, 1.165) is 36.8 Å². The average Bonchev–Trinajstić information content (AvgIpc) is 3.08. The molecule has 1 aromatic carbocycles. The summed E-state index contributed by atoms with van der Waals surface area (Å²) in [6, 6.07) is 6.57. The van der Waals surface area contributed by atoms with Crippen LogP contribution in [0.3, 0.4) is 0 Å². The van der Waals surface area contributed by atoms with Crippen molar-refractivity contribution in [2.75, 3.05) is 13.2 Å². The minimum absolute atomic E-state index is 0.318. The molecule has 0 radical (unpaired) electrons. The summed E-state index contributed by atoms with van der Waals surface area (Å²) in [5.41, 5.74) is 3.79. The number of thiophene rings is 1. The maximum atomic E-state index is 6.24. The van der Waals surface area contributed by atoms with Gasteiger partial charge in [-0.3, -0.25) is 0 Å². The van der Waals surface area contributed by atoms with Gasteiger partial charge in [-0.05, 0) is 58.6 Å². The Morgan fingerprint density at radius 2 is 2.35 bits per heavy atom. The standard InChI is InChI=1S/C16H18ClNOS/c1-2-18-15(12-4-6-20-10-12)9-13-8-14(17)7-11-3-5-19-16(11)13/h4,6-8,10,15,18H,2-3,5,9H2,1H3. The summed E-state index contributed by atoms with van der Waals surface area (Å²) in [6.07, 6.45) is 1.88. The van der Waals surface area contributed by atoms with E-state index in [1.165, 1.54) is 16.7 Å². The lowest BCUT2D eigenvalue weighted by molar-refractivity contribution is 0.351. The van der Waals surface area contributed by atoms with Crippen molar-refractivity contribution in [1.29, 1.82) is 0 Å². The van der Waals surface area contributed by atoms with Gasteiger partial charge in [-0.15, -0.1) is 0 Å². The normalized spacial score (nSPS) is 14.9. The number of halogens is 1. The lowest BCUT2D eigenvalue weighted by atomic mass is 9.98. The van der Waals surface area contributed by atoms with Gasteiger partial charge in [0, 0.05) is 17.5 Å². The lowest BCUT2D eigenvalue weighted by Crippen LogP contribution is -2.22. The van der Waals surface area contributed by atoms with E-state index in [0.29, 0.717) is 6.04 Å². The zero-order valence-corrected chi connectivity index (χ0v) is 13.1. The van der Waals surface area contributed by atoms with Crippen molar-refractivity contribution in [2.45, 2.75) is 25.8 Å². The molecule has 0 bridgehead atoms. The molecule has 0 saturated carbocycles. The van der Waals surface area contributed by atoms with E-state index in [1.54, 1.807) is 11.3 Å². The fraction of sp³-hybridized carbons (Fsp3) is 0.375. The van der Waals surface area contributed by atoms with Gasteiger partial charge in [0.25, 0.3) is 0 Å². The molecule has 0 fully saturated rings. The summed E-state index contributed by atoms with van der Waals surface area (Å²) in [5.74, 6) is 1.05. The van der Waals surface area contributed by atoms with Crippen molar-refractivity contribution in [3.63, 3.8) is 0 Å². The summed E-state index contributed by atoms with van der Waals surface area (Å²) in [6.45, 7) is 3.86. The first-order valence-electron chi connectivity index (χ1n) is 6.97. The molecule has 20 heavy (non-hydrogen) atoms. The van der Waals surface area contributed by atoms with Gasteiger partial charge in [0.1, 0.15) is 5.75 Å². The first kappa shape index (κ1) is 13.9. The van der Waals surface area contributed by atoms with E-state index in [9.17, 15) is 0 Å². The molecule has 1 unspecified atom stereocenters. The van der Waals surface area contributed by atoms with Crippen LogP contribution in [0.1, 0.15) is 29.7 Å². The number of likely N-dealkylation sites (N-methyl/N-ethyl adjacent to an activating group) is 1. The number of fused-ring (bicyclic) bond motifs is 1. The van der Waals surface area contributed by atoms with Crippen LogP contribution >= 0.6 is 22.9 Å². The maximum Gasteiger partial charge on any atom is 0.125 e. The number of rotatable bonds is 5. The molecule has 2 nitrogen and oxygen atoms in total. The smallest absolute Gasteiger partial charge is 0.125 e. The second-order valence-corrected chi connectivity index (χ2v) is 6.24. The molecular weight excluding hydrogens is 290 g/mol. The molecular formula is C16H18ClNOS. The Morgan fingerprint density at radius 3 is 3.10 bits per heavy atom. The number of ether oxygens (including phenoxy) is 1. The predicted molar refractivity (Wildman–Crippen MR) is 85.1 cm³/mol. The van der Waals surface area contributed by atoms with Gasteiger partial charge in [0.15, 0.2) is 0 Å². The SMILES string of the molecule is CCNC(Cc1cc(Cl)cc2c1OCC2)c1ccsc1. The molecule has 106 valence electrons. The first-order valence-corrected chi connectivity index (χ1v) is 8.29. The Hall–Kier alpha value is -1.03. The van der Waals surface area contributed by atoms with Gasteiger partial charge in [-0.25, -0.2) is 0 Å². The minimum Gasteiger partial charge on any atom is -0.493 e. The van der Waals surface area contributed by atoms with Gasteiger partial charge < -0.3 is 10.1 Å². The highest BCUT2D eigenvalue weighted by atomic mass is 35.5. The molecule has 0 aliphatic carbocycles. The largest absolute Gasteiger partial charge is 0.493 e. The van der Waals surface area contributed by atoms with Crippen molar-refractivity contribution < 1.29 is 4.74 Å². The molecule has 1 aliphatic heterocycles. The van der Waals surface area contributed by atoms with Crippen molar-refractivity contribution in [2.24, 2.45) is 0 Å². The molecule has 2 heterocycles. The molecule has 1 N–H and O–H groups in total. The van der Waals surface area contributed by atoms with E-state index in [4.69, 9.17) is 16.3 Å². The van der Waals surface area contributed by atoms with Gasteiger partial charge in [0.2, 0.25) is 0 Å². The van der Waals surface area contributed by atoms with Gasteiger partial charge in [-0.2, -0.15) is 11.3 Å². The highest BCUT2D eigenvalue weighted by Gasteiger charge is 2.21. The Balaban J connectivity index is 1.89. The molecule has 4 heteroatoms. The molecule has 0 spiro atoms. The van der Waals surface area contributed by atoms with Crippen LogP contribution in [0, 0.1) is 0 Å². The quantitative estimate of drug-likeness (QED) is 0.892. The zero-order valence-electron chi connectivity index (χ0n) is 11.5. The van der Waals surface area contributed by atoms with Crippen LogP contribution in [0.4, 0.5) is 0 Å². The number of hydrogen-bond donors (Lipinski definition) is 1. The van der Waals surface area contributed by atoms with Crippen molar-refractivity contribution in [3.05, 3.63) is 50.7 Å². The Labute approximate surface area is 128 Å². The van der Waals surface area contributed by atoms with Crippen molar-refractivity contribution in [1.82, 2.24) is 5.32 Å². The maximum absolute atomic E-state index is 6.24. The molecule has 1 aromatic heterocycles. The Kier molecular flexibility index (Phi) is 4.29. The first-order chi connectivity index (χ1) is 9.78. The topological polar surface area (TPSA) is 21.3 Å². The van der Waals surface area contributed by atoms with Crippen LogP contribution in [0.25, 0.3) is 0 Å². The summed E-state index contributed by atoms with van der Waals surface area (Å²) in [4.78, 5) is 0. The summed E-state index contributed by atoms with van der Waals surface area (Å²) in [7, 11) is 0. The highest BCUT2D eigenvalue weighted by Crippen LogP contribution is 2.35. The van der Waals surface area contributed by atoms with Gasteiger partial charge in [0.05, 0.1) is 6.61 Å². The molecule has 2 aromatic rings. The third-order valence-corrected chi connectivity index (χ3v) is 4.57. The second-order valence-electron chi connectivity index (χ2n) is 5.02. The summed E-state index contributed by atoms with van der Waals surface area (Å²) >= 11 is 7.98. The molecule has 0 saturated heterocycles. The van der Waals surface area contributed by atoms with E-state index in [1.807, 2.05) is 12.1 Å². The second kappa shape index (κ2) is 6.17. The highest BCUT2D eigenvalue weighted by molar-refractivity contribution is 7.07. The molecule has 1 aliphatic rings. The van der Waals surface area contributed by atoms with E-state index >= 15 is 0 Å². The number of nitrogens with one attached hydrogen (secondary N) is 1. The van der Waals surface area contributed by atoms with E-state index in [2.05, 4.69) is 29.1 Å². The summed E-state index contributed by atoms with van der Waals surface area (Å²) in [5, 5.41) is 8.69. The predicted octanol–water partition coefficient (Wildman–Crippen LogP) is 4.23. The summed E-state index contributed by atoms with van der Waals surface area (Å²) < 4.78 is 5.80. The van der Waals surface area contributed by atoms with Crippen molar-refractivity contribution >= 4 is 22.9 Å². The zero-order chi connectivity index (χ0) is 13.9. The van der Waals surface area contributed by atoms with Crippen LogP contribution in [0.15, 0.2) is 29.0 Å². The third kappa shape index (κ3) is 2.85. The van der Waals surface area contributed by atoms with Crippen LogP contribution in [0.2, 0.25) is 5.02 Å². The van der Waals surface area contributed by atoms with Crippen LogP contribution in [-0.4, -0.2) is 13.2 Å². The van der Waals surface area contributed by atoms with Gasteiger partial charge in [-0.1, -0.05) is 18.5 Å². The molecule has 3 rings (SSSR count). The van der Waals surface area contributed by atoms with E-state index < -0.39 is 0 Å². The fourth-order valence-electron chi connectivity index (χ4n) is 2.75. The van der Waals surface area contributed by atoms with E-state index in [-0.39, 0.29) is 0 Å². The van der Waals surface area contributed by atoms with Gasteiger partial charge >= 0.3 is 0 Å². The average molecular weight is 308 g/mol. The molecule has 0 amide bonds. The number of benzene rings is 1. The minimum atomic E-state index is 0.318. The van der Waals surface area contributed by atoms with Crippen LogP contribution < -0.4 is 10.1 Å². The third-order valence-electron chi connectivity index (χ3n) is 3.65. The van der Waals surface area contributed by atoms with Crippen LogP contribution in [0.5, 0.6) is 5.75 Å². The number of hydrogen-bond acceptors (Lipinski definition) is 3. The lowest BCUT2D eigenvalue weighted by Gasteiger charge is -2.18. The Bertz CT molecular complexity index is 582. The van der Waals surface area contributed by atoms with Crippen molar-refractivity contribution in [3.8, 4) is 5.75 Å². The van der Waals surface area contributed by atoms with Crippen LogP contribution in [-0.2, 0) is 12.8 Å². The fourth-order valence-corrected chi connectivity index (χ4v) is 3.72.